The van der Waals surface area contributed by atoms with Gasteiger partial charge in [-0.05, 0) is 43.3 Å². The molecule has 0 aliphatic carbocycles. The number of ether oxygens (including phenoxy) is 2. The van der Waals surface area contributed by atoms with Crippen molar-refractivity contribution in [3.05, 3.63) is 81.8 Å². The van der Waals surface area contributed by atoms with Gasteiger partial charge in [-0.3, -0.25) is 14.3 Å². The number of para-hydroxylation sites is 1. The number of aromatic nitrogens is 2. The smallest absolute Gasteiger partial charge is 0.338 e. The summed E-state index contributed by atoms with van der Waals surface area (Å²) >= 11 is 0. The number of nitrogens with zero attached hydrogens (tertiary/aromatic N) is 2. The molecule has 0 unspecified atom stereocenters. The van der Waals surface area contributed by atoms with Gasteiger partial charge in [-0.1, -0.05) is 18.2 Å². The van der Waals surface area contributed by atoms with Crippen LogP contribution in [0, 0.1) is 6.92 Å². The van der Waals surface area contributed by atoms with E-state index in [2.05, 4.69) is 10.1 Å². The van der Waals surface area contributed by atoms with Gasteiger partial charge in [0.1, 0.15) is 5.69 Å². The van der Waals surface area contributed by atoms with E-state index in [4.69, 9.17) is 4.74 Å². The quantitative estimate of drug-likeness (QED) is 0.608. The van der Waals surface area contributed by atoms with Gasteiger partial charge >= 0.3 is 11.9 Å². The molecule has 1 aromatic heterocycles. The second kappa shape index (κ2) is 9.12. The predicted octanol–water partition coefficient (Wildman–Crippen LogP) is 2.07. The molecule has 0 saturated carbocycles. The summed E-state index contributed by atoms with van der Waals surface area (Å²) in [6, 6.07) is 14.6. The van der Waals surface area contributed by atoms with Crippen LogP contribution in [0.15, 0.2) is 59.4 Å². The fourth-order valence-corrected chi connectivity index (χ4v) is 2.96. The van der Waals surface area contributed by atoms with Crippen molar-refractivity contribution in [1.29, 1.82) is 0 Å². The van der Waals surface area contributed by atoms with Crippen LogP contribution in [-0.4, -0.2) is 40.9 Å². The van der Waals surface area contributed by atoms with Gasteiger partial charge < -0.3 is 14.8 Å². The first-order valence-corrected chi connectivity index (χ1v) is 9.33. The van der Waals surface area contributed by atoms with E-state index in [-0.39, 0.29) is 16.8 Å². The number of esters is 2. The van der Waals surface area contributed by atoms with Gasteiger partial charge in [-0.25, -0.2) is 14.3 Å². The Morgan fingerprint density at radius 1 is 0.935 bits per heavy atom. The van der Waals surface area contributed by atoms with Gasteiger partial charge in [0.15, 0.2) is 6.61 Å². The van der Waals surface area contributed by atoms with Gasteiger partial charge in [-0.2, -0.15) is 0 Å². The van der Waals surface area contributed by atoms with Gasteiger partial charge in [0, 0.05) is 7.05 Å². The highest BCUT2D eigenvalue weighted by Crippen LogP contribution is 2.14. The minimum absolute atomic E-state index is 0.106. The van der Waals surface area contributed by atoms with E-state index >= 15 is 0 Å². The summed E-state index contributed by atoms with van der Waals surface area (Å²) in [5.41, 5.74) is 1.36. The third-order valence-corrected chi connectivity index (χ3v) is 4.69. The Morgan fingerprint density at radius 2 is 1.52 bits per heavy atom. The maximum Gasteiger partial charge on any atom is 0.338 e. The second-order valence-corrected chi connectivity index (χ2v) is 6.63. The van der Waals surface area contributed by atoms with E-state index in [9.17, 15) is 19.2 Å². The molecule has 0 spiro atoms. The van der Waals surface area contributed by atoms with Crippen LogP contribution in [0.25, 0.3) is 5.69 Å². The van der Waals surface area contributed by atoms with Crippen LogP contribution < -0.4 is 10.9 Å². The fourth-order valence-electron chi connectivity index (χ4n) is 2.96. The molecule has 9 nitrogen and oxygen atoms in total. The van der Waals surface area contributed by atoms with Crippen LogP contribution in [0.5, 0.6) is 0 Å². The third kappa shape index (κ3) is 4.55. The Bertz CT molecular complexity index is 1180. The monoisotopic (exact) mass is 423 g/mol. The number of benzene rings is 2. The lowest BCUT2D eigenvalue weighted by atomic mass is 10.1. The van der Waals surface area contributed by atoms with Crippen LogP contribution >= 0.6 is 0 Å². The maximum absolute atomic E-state index is 12.8. The fraction of sp³-hybridized carbons (Fsp3) is 0.182. The molecule has 0 aliphatic heterocycles. The summed E-state index contributed by atoms with van der Waals surface area (Å²) in [7, 11) is 2.96. The van der Waals surface area contributed by atoms with Crippen LogP contribution in [-0.2, 0) is 21.3 Å². The maximum atomic E-state index is 12.8. The zero-order chi connectivity index (χ0) is 22.5. The highest BCUT2D eigenvalue weighted by atomic mass is 16.5. The molecule has 0 atom stereocenters. The van der Waals surface area contributed by atoms with Gasteiger partial charge in [0.05, 0.1) is 29.6 Å². The Balaban J connectivity index is 1.67. The lowest BCUT2D eigenvalue weighted by molar-refractivity contribution is -0.119. The highest BCUT2D eigenvalue weighted by Gasteiger charge is 2.19. The summed E-state index contributed by atoms with van der Waals surface area (Å²) in [4.78, 5) is 48.7. The van der Waals surface area contributed by atoms with Crippen LogP contribution in [0.1, 0.15) is 26.4 Å². The Hall–Kier alpha value is -4.14. The SMILES string of the molecule is COC(=O)c1ccc(C(=O)OCC(=O)Nc2c(C)n(C)n(-c3ccccc3)c2=O)cc1. The van der Waals surface area contributed by atoms with E-state index in [0.717, 1.165) is 0 Å². The van der Waals surface area contributed by atoms with Gasteiger partial charge in [0.2, 0.25) is 0 Å². The minimum Gasteiger partial charge on any atom is -0.465 e. The normalized spacial score (nSPS) is 10.4. The van der Waals surface area contributed by atoms with Crippen LogP contribution in [0.2, 0.25) is 0 Å². The lowest BCUT2D eigenvalue weighted by Gasteiger charge is -2.07. The Labute approximate surface area is 177 Å². The summed E-state index contributed by atoms with van der Waals surface area (Å²) < 4.78 is 12.7. The summed E-state index contributed by atoms with van der Waals surface area (Å²) in [5, 5.41) is 2.52. The van der Waals surface area contributed by atoms with E-state index in [1.807, 2.05) is 6.07 Å². The Morgan fingerprint density at radius 3 is 2.10 bits per heavy atom. The van der Waals surface area contributed by atoms with Crippen molar-refractivity contribution in [3.8, 4) is 5.69 Å². The average molecular weight is 423 g/mol. The number of hydrogen-bond donors (Lipinski definition) is 1. The van der Waals surface area contributed by atoms with Crippen LogP contribution in [0.3, 0.4) is 0 Å². The van der Waals surface area contributed by atoms with E-state index in [1.165, 1.54) is 36.1 Å². The molecule has 0 saturated heterocycles. The second-order valence-electron chi connectivity index (χ2n) is 6.63. The number of carbonyl (C=O) groups is 3. The van der Waals surface area contributed by atoms with Crippen molar-refractivity contribution in [3.63, 3.8) is 0 Å². The standard InChI is InChI=1S/C22H21N3O6/c1-14-19(20(27)25(24(14)2)17-7-5-4-6-8-17)23-18(26)13-31-22(29)16-11-9-15(10-12-16)21(28)30-3/h4-12H,13H2,1-3H3,(H,23,26). The highest BCUT2D eigenvalue weighted by molar-refractivity contribution is 5.96. The van der Waals surface area contributed by atoms with Crippen LogP contribution in [0.4, 0.5) is 5.69 Å². The average Bonchev–Trinajstić information content (AvgIpc) is 3.00. The van der Waals surface area contributed by atoms with Crippen molar-refractivity contribution in [1.82, 2.24) is 9.36 Å². The molecule has 3 rings (SSSR count). The number of methoxy groups -OCH3 is 1. The third-order valence-electron chi connectivity index (χ3n) is 4.69. The minimum atomic E-state index is -0.738. The molecule has 0 bridgehead atoms. The zero-order valence-corrected chi connectivity index (χ0v) is 17.2. The molecule has 0 aliphatic rings. The molecule has 0 fully saturated rings. The van der Waals surface area contributed by atoms with E-state index in [0.29, 0.717) is 11.4 Å². The summed E-state index contributed by atoms with van der Waals surface area (Å²) in [6.45, 7) is 1.13. The topological polar surface area (TPSA) is 109 Å². The van der Waals surface area contributed by atoms with Crippen molar-refractivity contribution in [2.45, 2.75) is 6.92 Å². The molecule has 0 radical (unpaired) electrons. The summed E-state index contributed by atoms with van der Waals surface area (Å²) in [5.74, 6) is -1.91. The molecule has 31 heavy (non-hydrogen) atoms. The molecule has 1 amide bonds. The first-order valence-electron chi connectivity index (χ1n) is 9.33. The molecule has 9 heteroatoms. The zero-order valence-electron chi connectivity index (χ0n) is 17.2. The molecular formula is C22H21N3O6. The number of anilines is 1. The van der Waals surface area contributed by atoms with Crippen molar-refractivity contribution < 1.29 is 23.9 Å². The molecule has 160 valence electrons. The van der Waals surface area contributed by atoms with Gasteiger partial charge in [-0.15, -0.1) is 0 Å². The molecular weight excluding hydrogens is 402 g/mol. The molecule has 2 aromatic carbocycles. The number of amides is 1. The van der Waals surface area contributed by atoms with Crippen molar-refractivity contribution in [2.75, 3.05) is 19.0 Å². The first kappa shape index (κ1) is 21.6. The van der Waals surface area contributed by atoms with E-state index in [1.54, 1.807) is 42.9 Å². The Kier molecular flexibility index (Phi) is 6.35. The molecule has 3 aromatic rings. The van der Waals surface area contributed by atoms with Crippen molar-refractivity contribution in [2.24, 2.45) is 7.05 Å². The number of hydrogen-bond acceptors (Lipinski definition) is 6. The number of carbonyl (C=O) groups excluding carboxylic acids is 3. The molecule has 1 heterocycles. The molecule has 1 N–H and O–H groups in total. The predicted molar refractivity (Wildman–Crippen MR) is 112 cm³/mol. The number of nitrogens with one attached hydrogen (secondary N) is 1. The summed E-state index contributed by atoms with van der Waals surface area (Å²) in [6.07, 6.45) is 0. The number of rotatable bonds is 6. The van der Waals surface area contributed by atoms with E-state index < -0.39 is 30.0 Å². The van der Waals surface area contributed by atoms with Gasteiger partial charge in [0.25, 0.3) is 11.5 Å². The lowest BCUT2D eigenvalue weighted by Crippen LogP contribution is -2.25. The van der Waals surface area contributed by atoms with Crippen molar-refractivity contribution >= 4 is 23.5 Å². The first-order chi connectivity index (χ1) is 14.8. The largest absolute Gasteiger partial charge is 0.465 e.